The van der Waals surface area contributed by atoms with E-state index in [1.165, 1.54) is 12.8 Å². The molecule has 2 aliphatic rings. The number of likely N-dealkylation sites (N-methyl/N-ethyl adjacent to an activating group) is 1. The lowest BCUT2D eigenvalue weighted by Crippen LogP contribution is -2.42. The van der Waals surface area contributed by atoms with Gasteiger partial charge in [0.05, 0.1) is 11.8 Å². The first kappa shape index (κ1) is 18.5. The van der Waals surface area contributed by atoms with Crippen LogP contribution in [0, 0.1) is 0 Å². The molecule has 2 aromatic rings. The number of likely N-dealkylation sites (tertiary alicyclic amines) is 1. The van der Waals surface area contributed by atoms with E-state index in [-0.39, 0.29) is 6.10 Å². The molecule has 1 aromatic heterocycles. The van der Waals surface area contributed by atoms with E-state index in [2.05, 4.69) is 34.0 Å². The number of aliphatic hydroxyl groups is 1. The maximum atomic E-state index is 10.4. The summed E-state index contributed by atoms with van der Waals surface area (Å²) < 4.78 is 0. The fourth-order valence-electron chi connectivity index (χ4n) is 4.07. The molecule has 1 N–H and O–H groups in total. The molecule has 2 fully saturated rings. The van der Waals surface area contributed by atoms with Crippen LogP contribution in [0.4, 0.5) is 0 Å². The maximum Gasteiger partial charge on any atom is 0.132 e. The largest absolute Gasteiger partial charge is 0.390 e. The fraction of sp³-hybridized carbons (Fsp3) is 0.545. The molecule has 2 heterocycles. The molecule has 1 saturated carbocycles. The van der Waals surface area contributed by atoms with E-state index in [0.29, 0.717) is 12.0 Å². The van der Waals surface area contributed by atoms with E-state index in [9.17, 15) is 5.11 Å². The summed E-state index contributed by atoms with van der Waals surface area (Å²) in [5, 5.41) is 10.4. The Balaban J connectivity index is 1.30. The van der Waals surface area contributed by atoms with Gasteiger partial charge in [-0.1, -0.05) is 30.3 Å². The zero-order valence-electron chi connectivity index (χ0n) is 16.2. The van der Waals surface area contributed by atoms with Crippen LogP contribution in [0.5, 0.6) is 0 Å². The molecule has 144 valence electrons. The highest BCUT2D eigenvalue weighted by atomic mass is 16.3. The second-order valence-corrected chi connectivity index (χ2v) is 8.07. The van der Waals surface area contributed by atoms with Gasteiger partial charge >= 0.3 is 0 Å². The Morgan fingerprint density at radius 1 is 1.11 bits per heavy atom. The summed E-state index contributed by atoms with van der Waals surface area (Å²) in [5.41, 5.74) is 2.14. The van der Waals surface area contributed by atoms with Crippen molar-refractivity contribution in [3.05, 3.63) is 48.4 Å². The Bertz CT molecular complexity index is 726. The highest BCUT2D eigenvalue weighted by Gasteiger charge is 2.29. The van der Waals surface area contributed by atoms with Crippen LogP contribution in [0.2, 0.25) is 0 Å². The zero-order valence-corrected chi connectivity index (χ0v) is 16.2. The molecule has 4 rings (SSSR count). The van der Waals surface area contributed by atoms with E-state index in [1.807, 2.05) is 30.5 Å². The second-order valence-electron chi connectivity index (χ2n) is 8.07. The molecule has 5 nitrogen and oxygen atoms in total. The molecule has 5 heteroatoms. The van der Waals surface area contributed by atoms with E-state index < -0.39 is 0 Å². The minimum Gasteiger partial charge on any atom is -0.390 e. The topological polar surface area (TPSA) is 52.5 Å². The normalized spacial score (nSPS) is 20.1. The number of hydrogen-bond acceptors (Lipinski definition) is 5. The quantitative estimate of drug-likeness (QED) is 0.817. The molecule has 1 unspecified atom stereocenters. The van der Waals surface area contributed by atoms with Gasteiger partial charge in [0.2, 0.25) is 0 Å². The molecule has 1 aromatic carbocycles. The first-order valence-corrected chi connectivity index (χ1v) is 10.2. The summed E-state index contributed by atoms with van der Waals surface area (Å²) >= 11 is 0. The molecular formula is C22H30N4O. The van der Waals surface area contributed by atoms with Crippen molar-refractivity contribution < 1.29 is 5.11 Å². The first-order valence-electron chi connectivity index (χ1n) is 10.2. The predicted octanol–water partition coefficient (Wildman–Crippen LogP) is 2.78. The average molecular weight is 367 g/mol. The molecule has 0 spiro atoms. The number of aliphatic hydroxyl groups excluding tert-OH is 1. The summed E-state index contributed by atoms with van der Waals surface area (Å²) in [7, 11) is 2.13. The molecule has 0 bridgehead atoms. The lowest BCUT2D eigenvalue weighted by atomic mass is 9.95. The van der Waals surface area contributed by atoms with Crippen molar-refractivity contribution in [2.75, 3.05) is 33.2 Å². The van der Waals surface area contributed by atoms with Crippen molar-refractivity contribution in [2.45, 2.75) is 43.7 Å². The van der Waals surface area contributed by atoms with Gasteiger partial charge in [-0.05, 0) is 51.9 Å². The van der Waals surface area contributed by atoms with Crippen molar-refractivity contribution in [1.29, 1.82) is 0 Å². The van der Waals surface area contributed by atoms with Crippen LogP contribution in [-0.4, -0.2) is 70.2 Å². The summed E-state index contributed by atoms with van der Waals surface area (Å²) in [6, 6.07) is 13.0. The molecule has 27 heavy (non-hydrogen) atoms. The van der Waals surface area contributed by atoms with E-state index in [4.69, 9.17) is 4.98 Å². The number of hydrogen-bond donors (Lipinski definition) is 1. The Morgan fingerprint density at radius 2 is 1.85 bits per heavy atom. The van der Waals surface area contributed by atoms with E-state index >= 15 is 0 Å². The van der Waals surface area contributed by atoms with E-state index in [0.717, 1.165) is 56.1 Å². The van der Waals surface area contributed by atoms with Gasteiger partial charge in [-0.3, -0.25) is 0 Å². The fourth-order valence-corrected chi connectivity index (χ4v) is 4.07. The number of β-amino-alcohol motifs (C(OH)–C–C–N with tert-alkyl or cyclic N) is 1. The molecule has 1 aliphatic carbocycles. The van der Waals surface area contributed by atoms with Gasteiger partial charge < -0.3 is 14.9 Å². The van der Waals surface area contributed by atoms with Crippen molar-refractivity contribution in [3.63, 3.8) is 0 Å². The monoisotopic (exact) mass is 366 g/mol. The van der Waals surface area contributed by atoms with Crippen molar-refractivity contribution >= 4 is 0 Å². The van der Waals surface area contributed by atoms with Gasteiger partial charge in [0.15, 0.2) is 0 Å². The second kappa shape index (κ2) is 8.46. The predicted molar refractivity (Wildman–Crippen MR) is 108 cm³/mol. The SMILES string of the molecule is CN(CC(O)CN1CCC(c2nccc(-c3ccccc3)n2)CC1)C1CC1. The Labute approximate surface area is 162 Å². The van der Waals surface area contributed by atoms with E-state index in [1.54, 1.807) is 0 Å². The molecule has 0 radical (unpaired) electrons. The molecule has 0 amide bonds. The third kappa shape index (κ3) is 4.92. The van der Waals surface area contributed by atoms with Gasteiger partial charge in [-0.15, -0.1) is 0 Å². The van der Waals surface area contributed by atoms with Crippen LogP contribution in [0.25, 0.3) is 11.3 Å². The summed E-state index contributed by atoms with van der Waals surface area (Å²) in [6.45, 7) is 3.57. The number of nitrogens with zero attached hydrogens (tertiary/aromatic N) is 4. The first-order chi connectivity index (χ1) is 13.2. The van der Waals surface area contributed by atoms with Gasteiger partial charge in [0.25, 0.3) is 0 Å². The summed E-state index contributed by atoms with van der Waals surface area (Å²) in [4.78, 5) is 14.1. The average Bonchev–Trinajstić information content (AvgIpc) is 3.55. The van der Waals surface area contributed by atoms with Gasteiger partial charge in [-0.25, -0.2) is 9.97 Å². The van der Waals surface area contributed by atoms with Crippen LogP contribution in [-0.2, 0) is 0 Å². The third-order valence-corrected chi connectivity index (χ3v) is 5.83. The van der Waals surface area contributed by atoms with Gasteiger partial charge in [0.1, 0.15) is 5.82 Å². The van der Waals surface area contributed by atoms with Crippen molar-refractivity contribution in [1.82, 2.24) is 19.8 Å². The highest BCUT2D eigenvalue weighted by molar-refractivity contribution is 5.58. The third-order valence-electron chi connectivity index (χ3n) is 5.83. The molecule has 1 saturated heterocycles. The molecule has 1 aliphatic heterocycles. The lowest BCUT2D eigenvalue weighted by Gasteiger charge is -2.33. The molecule has 1 atom stereocenters. The van der Waals surface area contributed by atoms with Crippen LogP contribution in [0.1, 0.15) is 37.4 Å². The zero-order chi connectivity index (χ0) is 18.6. The highest BCUT2D eigenvalue weighted by Crippen LogP contribution is 2.28. The summed E-state index contributed by atoms with van der Waals surface area (Å²) in [6.07, 6.45) is 6.32. The lowest BCUT2D eigenvalue weighted by molar-refractivity contribution is 0.0693. The standard InChI is InChI=1S/C22H30N4O/c1-25(19-7-8-19)15-20(27)16-26-13-10-18(11-14-26)22-23-12-9-21(24-22)17-5-3-2-4-6-17/h2-6,9,12,18-20,27H,7-8,10-11,13-16H2,1H3. The number of piperidine rings is 1. The number of rotatable bonds is 7. The summed E-state index contributed by atoms with van der Waals surface area (Å²) in [5.74, 6) is 1.38. The number of benzene rings is 1. The minimum atomic E-state index is -0.259. The van der Waals surface area contributed by atoms with Gasteiger partial charge in [0, 0.05) is 36.8 Å². The van der Waals surface area contributed by atoms with Gasteiger partial charge in [-0.2, -0.15) is 0 Å². The van der Waals surface area contributed by atoms with Crippen LogP contribution in [0.15, 0.2) is 42.6 Å². The smallest absolute Gasteiger partial charge is 0.132 e. The Hall–Kier alpha value is -1.82. The Kier molecular flexibility index (Phi) is 5.81. The number of aromatic nitrogens is 2. The molecular weight excluding hydrogens is 336 g/mol. The Morgan fingerprint density at radius 3 is 2.56 bits per heavy atom. The van der Waals surface area contributed by atoms with Crippen LogP contribution in [0.3, 0.4) is 0 Å². The van der Waals surface area contributed by atoms with Crippen LogP contribution < -0.4 is 0 Å². The van der Waals surface area contributed by atoms with Crippen LogP contribution >= 0.6 is 0 Å². The van der Waals surface area contributed by atoms with Crippen molar-refractivity contribution in [2.24, 2.45) is 0 Å². The minimum absolute atomic E-state index is 0.259. The maximum absolute atomic E-state index is 10.4. The van der Waals surface area contributed by atoms with Crippen molar-refractivity contribution in [3.8, 4) is 11.3 Å².